The third-order valence-corrected chi connectivity index (χ3v) is 5.31. The van der Waals surface area contributed by atoms with Gasteiger partial charge < -0.3 is 15.0 Å². The number of nitrogens with one attached hydrogen (secondary N) is 1. The highest BCUT2D eigenvalue weighted by Gasteiger charge is 2.17. The lowest BCUT2D eigenvalue weighted by Gasteiger charge is -2.27. The highest BCUT2D eigenvalue weighted by atomic mass is 16.5. The van der Waals surface area contributed by atoms with Crippen LogP contribution >= 0.6 is 0 Å². The van der Waals surface area contributed by atoms with Crippen molar-refractivity contribution in [2.45, 2.75) is 13.3 Å². The number of morpholine rings is 1. The molecule has 0 atom stereocenters. The van der Waals surface area contributed by atoms with Crippen molar-refractivity contribution >= 4 is 22.8 Å². The number of anilines is 2. The Bertz CT molecular complexity index is 1150. The molecule has 1 aliphatic heterocycles. The van der Waals surface area contributed by atoms with Gasteiger partial charge in [0.1, 0.15) is 12.1 Å². The van der Waals surface area contributed by atoms with Crippen molar-refractivity contribution < 1.29 is 4.74 Å². The third-order valence-electron chi connectivity index (χ3n) is 5.31. The molecule has 3 aromatic heterocycles. The van der Waals surface area contributed by atoms with Crippen molar-refractivity contribution in [3.8, 4) is 17.1 Å². The number of hydrogen-bond donors (Lipinski definition) is 1. The Morgan fingerprint density at radius 2 is 1.84 bits per heavy atom. The zero-order valence-electron chi connectivity index (χ0n) is 17.5. The number of rotatable bonds is 6. The molecule has 0 aliphatic carbocycles. The van der Waals surface area contributed by atoms with Crippen molar-refractivity contribution in [2.24, 2.45) is 0 Å². The second-order valence-corrected chi connectivity index (χ2v) is 7.45. The summed E-state index contributed by atoms with van der Waals surface area (Å²) in [4.78, 5) is 21.2. The lowest BCUT2D eigenvalue weighted by Crippen LogP contribution is -2.36. The number of aromatic nitrogens is 5. The number of hydrogen-bond acceptors (Lipinski definition) is 7. The highest BCUT2D eigenvalue weighted by molar-refractivity contribution is 5.86. The molecule has 0 saturated carbocycles. The van der Waals surface area contributed by atoms with Crippen LogP contribution in [-0.4, -0.2) is 57.4 Å². The number of imidazole rings is 1. The molecule has 0 unspecified atom stereocenters. The van der Waals surface area contributed by atoms with Crippen LogP contribution < -0.4 is 10.2 Å². The predicted molar refractivity (Wildman–Crippen MR) is 122 cm³/mol. The van der Waals surface area contributed by atoms with Gasteiger partial charge in [-0.2, -0.15) is 0 Å². The average molecular weight is 416 g/mol. The number of para-hydroxylation sites is 1. The topological polar surface area (TPSA) is 81.0 Å². The van der Waals surface area contributed by atoms with E-state index in [1.54, 1.807) is 6.33 Å². The molecule has 0 amide bonds. The van der Waals surface area contributed by atoms with Crippen molar-refractivity contribution in [1.82, 2.24) is 24.5 Å². The van der Waals surface area contributed by atoms with Crippen LogP contribution in [-0.2, 0) is 4.74 Å². The van der Waals surface area contributed by atoms with Crippen LogP contribution in [0.5, 0.6) is 0 Å². The van der Waals surface area contributed by atoms with E-state index in [1.165, 1.54) is 0 Å². The maximum atomic E-state index is 5.44. The van der Waals surface area contributed by atoms with Gasteiger partial charge >= 0.3 is 0 Å². The van der Waals surface area contributed by atoms with Gasteiger partial charge in [0.05, 0.1) is 13.2 Å². The van der Waals surface area contributed by atoms with E-state index in [9.17, 15) is 0 Å². The highest BCUT2D eigenvalue weighted by Crippen LogP contribution is 2.26. The molecule has 158 valence electrons. The van der Waals surface area contributed by atoms with Crippen LogP contribution in [0.4, 0.5) is 11.6 Å². The predicted octanol–water partition coefficient (Wildman–Crippen LogP) is 3.54. The lowest BCUT2D eigenvalue weighted by molar-refractivity contribution is 0.122. The van der Waals surface area contributed by atoms with E-state index < -0.39 is 0 Å². The van der Waals surface area contributed by atoms with Gasteiger partial charge in [-0.15, -0.1) is 0 Å². The molecular weight excluding hydrogens is 390 g/mol. The van der Waals surface area contributed by atoms with Crippen LogP contribution in [0.3, 0.4) is 0 Å². The van der Waals surface area contributed by atoms with Crippen molar-refractivity contribution in [1.29, 1.82) is 0 Å². The largest absolute Gasteiger partial charge is 0.378 e. The summed E-state index contributed by atoms with van der Waals surface area (Å²) in [7, 11) is 0. The van der Waals surface area contributed by atoms with E-state index >= 15 is 0 Å². The van der Waals surface area contributed by atoms with Crippen LogP contribution in [0.25, 0.3) is 28.2 Å². The fraction of sp³-hybridized carbons (Fsp3) is 0.304. The molecule has 8 heteroatoms. The van der Waals surface area contributed by atoms with Gasteiger partial charge in [-0.05, 0) is 30.7 Å². The van der Waals surface area contributed by atoms with Crippen molar-refractivity contribution in [2.75, 3.05) is 43.1 Å². The molecule has 0 bridgehead atoms. The number of ether oxygens (including phenoxy) is 1. The first kappa shape index (κ1) is 19.4. The van der Waals surface area contributed by atoms with Crippen LogP contribution in [0.2, 0.25) is 0 Å². The normalized spacial score (nSPS) is 14.2. The Hall–Kier alpha value is -3.52. The van der Waals surface area contributed by atoms with E-state index in [0.29, 0.717) is 5.82 Å². The maximum absolute atomic E-state index is 5.44. The molecule has 0 spiro atoms. The monoisotopic (exact) mass is 415 g/mol. The summed E-state index contributed by atoms with van der Waals surface area (Å²) in [6.45, 7) is 6.13. The van der Waals surface area contributed by atoms with E-state index in [4.69, 9.17) is 14.7 Å². The molecule has 4 heterocycles. The zero-order valence-corrected chi connectivity index (χ0v) is 17.5. The minimum absolute atomic E-state index is 0.629. The van der Waals surface area contributed by atoms with Gasteiger partial charge in [-0.3, -0.25) is 4.57 Å². The summed E-state index contributed by atoms with van der Waals surface area (Å²) in [5.74, 6) is 2.32. The second-order valence-electron chi connectivity index (χ2n) is 7.45. The van der Waals surface area contributed by atoms with Crippen LogP contribution in [0.1, 0.15) is 13.3 Å². The molecule has 0 radical (unpaired) electrons. The minimum Gasteiger partial charge on any atom is -0.378 e. The first-order chi connectivity index (χ1) is 15.3. The molecule has 1 fully saturated rings. The van der Waals surface area contributed by atoms with Crippen molar-refractivity contribution in [3.05, 3.63) is 55.0 Å². The maximum Gasteiger partial charge on any atom is 0.170 e. The van der Waals surface area contributed by atoms with Gasteiger partial charge in [-0.25, -0.2) is 19.9 Å². The minimum atomic E-state index is 0.629. The summed E-state index contributed by atoms with van der Waals surface area (Å²) in [5.41, 5.74) is 3.42. The standard InChI is InChI=1S/C23H25N7O/c1-2-10-24-22-20-23(30(16-26-20)18-6-4-3-5-7-18)28-21(27-22)17-8-9-19(25-15-17)29-11-13-31-14-12-29/h3-9,15-16H,2,10-14H2,1H3,(H,24,27,28). The number of benzene rings is 1. The first-order valence-corrected chi connectivity index (χ1v) is 10.7. The molecule has 31 heavy (non-hydrogen) atoms. The molecule has 1 aliphatic rings. The fourth-order valence-electron chi connectivity index (χ4n) is 3.67. The fourth-order valence-corrected chi connectivity index (χ4v) is 3.67. The number of pyridine rings is 1. The molecular formula is C23H25N7O. The van der Waals surface area contributed by atoms with Crippen LogP contribution in [0.15, 0.2) is 55.0 Å². The number of nitrogens with zero attached hydrogens (tertiary/aromatic N) is 6. The molecule has 1 saturated heterocycles. The summed E-state index contributed by atoms with van der Waals surface area (Å²) in [6, 6.07) is 14.2. The van der Waals surface area contributed by atoms with E-state index in [2.05, 4.69) is 27.1 Å². The van der Waals surface area contributed by atoms with Gasteiger partial charge in [0.25, 0.3) is 0 Å². The molecule has 4 aromatic rings. The smallest absolute Gasteiger partial charge is 0.170 e. The van der Waals surface area contributed by atoms with E-state index in [1.807, 2.05) is 53.2 Å². The SMILES string of the molecule is CCCNc1nc(-c2ccc(N3CCOCC3)nc2)nc2c1ncn2-c1ccccc1. The Kier molecular flexibility index (Phi) is 5.45. The Labute approximate surface area is 180 Å². The molecule has 1 N–H and O–H groups in total. The number of fused-ring (bicyclic) bond motifs is 1. The Balaban J connectivity index is 1.56. The summed E-state index contributed by atoms with van der Waals surface area (Å²) >= 11 is 0. The summed E-state index contributed by atoms with van der Waals surface area (Å²) in [6.07, 6.45) is 4.64. The molecule has 5 rings (SSSR count). The quantitative estimate of drug-likeness (QED) is 0.516. The zero-order chi connectivity index (χ0) is 21.0. The second kappa shape index (κ2) is 8.69. The van der Waals surface area contributed by atoms with Crippen molar-refractivity contribution in [3.63, 3.8) is 0 Å². The van der Waals surface area contributed by atoms with E-state index in [0.717, 1.165) is 73.3 Å². The van der Waals surface area contributed by atoms with Crippen LogP contribution in [0, 0.1) is 0 Å². The van der Waals surface area contributed by atoms with Gasteiger partial charge in [0, 0.05) is 37.1 Å². The summed E-state index contributed by atoms with van der Waals surface area (Å²) < 4.78 is 7.43. The average Bonchev–Trinajstić information content (AvgIpc) is 3.28. The van der Waals surface area contributed by atoms with Gasteiger partial charge in [-0.1, -0.05) is 25.1 Å². The van der Waals surface area contributed by atoms with E-state index in [-0.39, 0.29) is 0 Å². The molecule has 8 nitrogen and oxygen atoms in total. The third kappa shape index (κ3) is 3.94. The molecule has 1 aromatic carbocycles. The Morgan fingerprint density at radius 1 is 1.00 bits per heavy atom. The van der Waals surface area contributed by atoms with Gasteiger partial charge in [0.15, 0.2) is 22.8 Å². The Morgan fingerprint density at radius 3 is 2.58 bits per heavy atom. The van der Waals surface area contributed by atoms with Gasteiger partial charge in [0.2, 0.25) is 0 Å². The lowest BCUT2D eigenvalue weighted by atomic mass is 10.2. The summed E-state index contributed by atoms with van der Waals surface area (Å²) in [5, 5.41) is 3.41. The first-order valence-electron chi connectivity index (χ1n) is 10.7.